The molecule has 0 saturated carbocycles. The summed E-state index contributed by atoms with van der Waals surface area (Å²) in [6, 6.07) is -0.109. The van der Waals surface area contributed by atoms with Crippen molar-refractivity contribution in [1.29, 1.82) is 0 Å². The highest BCUT2D eigenvalue weighted by atomic mass is 16.5. The molecule has 1 heterocycles. The van der Waals surface area contributed by atoms with Crippen molar-refractivity contribution in [2.24, 2.45) is 11.8 Å². The number of amides is 2. The summed E-state index contributed by atoms with van der Waals surface area (Å²) in [6.45, 7) is 4.22. The van der Waals surface area contributed by atoms with Crippen molar-refractivity contribution in [3.8, 4) is 0 Å². The molecule has 1 fully saturated rings. The van der Waals surface area contributed by atoms with Crippen molar-refractivity contribution >= 4 is 12.0 Å². The van der Waals surface area contributed by atoms with Gasteiger partial charge in [0.1, 0.15) is 0 Å². The fourth-order valence-electron chi connectivity index (χ4n) is 2.05. The standard InChI is InChI=1S/C12H22N2O4/c1-9(8-18-2)7-13-12(17)14-5-3-10(4-6-14)11(15)16/h9-10H,3-8H2,1-2H3,(H,13,17)(H,15,16). The van der Waals surface area contributed by atoms with E-state index < -0.39 is 5.97 Å². The predicted octanol–water partition coefficient (Wildman–Crippen LogP) is 0.775. The summed E-state index contributed by atoms with van der Waals surface area (Å²) >= 11 is 0. The second kappa shape index (κ2) is 7.20. The molecule has 6 heteroatoms. The van der Waals surface area contributed by atoms with Gasteiger partial charge in [-0.05, 0) is 18.8 Å². The van der Waals surface area contributed by atoms with Crippen LogP contribution in [-0.4, -0.2) is 55.4 Å². The van der Waals surface area contributed by atoms with Gasteiger partial charge in [-0.15, -0.1) is 0 Å². The lowest BCUT2D eigenvalue weighted by atomic mass is 9.97. The van der Waals surface area contributed by atoms with Gasteiger partial charge in [-0.1, -0.05) is 6.92 Å². The molecule has 0 aromatic heterocycles. The molecule has 1 atom stereocenters. The lowest BCUT2D eigenvalue weighted by molar-refractivity contribution is -0.143. The van der Waals surface area contributed by atoms with E-state index in [0.717, 1.165) is 0 Å². The Morgan fingerprint density at radius 3 is 2.56 bits per heavy atom. The topological polar surface area (TPSA) is 78.9 Å². The Morgan fingerprint density at radius 1 is 1.44 bits per heavy atom. The number of ether oxygens (including phenoxy) is 1. The van der Waals surface area contributed by atoms with Gasteiger partial charge in [0, 0.05) is 26.7 Å². The molecule has 6 nitrogen and oxygen atoms in total. The summed E-state index contributed by atoms with van der Waals surface area (Å²) < 4.78 is 4.99. The van der Waals surface area contributed by atoms with Crippen molar-refractivity contribution < 1.29 is 19.4 Å². The maximum Gasteiger partial charge on any atom is 0.317 e. The molecule has 2 N–H and O–H groups in total. The Labute approximate surface area is 107 Å². The third-order valence-electron chi connectivity index (χ3n) is 3.18. The molecule has 0 aromatic carbocycles. The highest BCUT2D eigenvalue weighted by molar-refractivity contribution is 5.75. The number of aliphatic carboxylic acids is 1. The van der Waals surface area contributed by atoms with Crippen LogP contribution in [0.5, 0.6) is 0 Å². The van der Waals surface area contributed by atoms with Crippen LogP contribution < -0.4 is 5.32 Å². The minimum absolute atomic E-state index is 0.109. The fourth-order valence-corrected chi connectivity index (χ4v) is 2.05. The lowest BCUT2D eigenvalue weighted by Gasteiger charge is -2.30. The SMILES string of the molecule is COCC(C)CNC(=O)N1CCC(C(=O)O)CC1. The Kier molecular flexibility index (Phi) is 5.91. The van der Waals surface area contributed by atoms with Gasteiger partial charge in [0.05, 0.1) is 12.5 Å². The molecule has 104 valence electrons. The molecule has 1 saturated heterocycles. The third-order valence-corrected chi connectivity index (χ3v) is 3.18. The number of likely N-dealkylation sites (tertiary alicyclic amines) is 1. The number of carboxylic acid groups (broad SMARTS) is 1. The maximum absolute atomic E-state index is 11.8. The molecular formula is C12H22N2O4. The first kappa shape index (κ1) is 14.8. The van der Waals surface area contributed by atoms with E-state index in [1.807, 2.05) is 6.92 Å². The van der Waals surface area contributed by atoms with Crippen molar-refractivity contribution in [3.05, 3.63) is 0 Å². The number of carboxylic acids is 1. The number of nitrogens with zero attached hydrogens (tertiary/aromatic N) is 1. The third kappa shape index (κ3) is 4.52. The van der Waals surface area contributed by atoms with Crippen LogP contribution in [0.4, 0.5) is 4.79 Å². The molecular weight excluding hydrogens is 236 g/mol. The van der Waals surface area contributed by atoms with Crippen molar-refractivity contribution in [2.45, 2.75) is 19.8 Å². The predicted molar refractivity (Wildman–Crippen MR) is 66.4 cm³/mol. The van der Waals surface area contributed by atoms with E-state index in [1.165, 1.54) is 0 Å². The summed E-state index contributed by atoms with van der Waals surface area (Å²) in [7, 11) is 1.63. The smallest absolute Gasteiger partial charge is 0.317 e. The summed E-state index contributed by atoms with van der Waals surface area (Å²) in [5, 5.41) is 11.7. The highest BCUT2D eigenvalue weighted by Gasteiger charge is 2.26. The first-order valence-corrected chi connectivity index (χ1v) is 6.29. The zero-order chi connectivity index (χ0) is 13.5. The van der Waals surface area contributed by atoms with Crippen LogP contribution in [0.15, 0.2) is 0 Å². The minimum Gasteiger partial charge on any atom is -0.481 e. The van der Waals surface area contributed by atoms with Crippen LogP contribution in [0.1, 0.15) is 19.8 Å². The van der Waals surface area contributed by atoms with Gasteiger partial charge in [-0.3, -0.25) is 4.79 Å². The Balaban J connectivity index is 2.25. The summed E-state index contributed by atoms with van der Waals surface area (Å²) in [5.74, 6) is -0.791. The molecule has 1 rings (SSSR count). The van der Waals surface area contributed by atoms with E-state index in [2.05, 4.69) is 5.32 Å². The van der Waals surface area contributed by atoms with Crippen molar-refractivity contribution in [3.63, 3.8) is 0 Å². The van der Waals surface area contributed by atoms with Crippen LogP contribution in [0, 0.1) is 11.8 Å². The number of piperidine rings is 1. The minimum atomic E-state index is -0.760. The van der Waals surface area contributed by atoms with Crippen molar-refractivity contribution in [2.75, 3.05) is 33.4 Å². The van der Waals surface area contributed by atoms with E-state index in [9.17, 15) is 9.59 Å². The largest absolute Gasteiger partial charge is 0.481 e. The van der Waals surface area contributed by atoms with Gasteiger partial charge in [0.15, 0.2) is 0 Å². The first-order chi connectivity index (χ1) is 8.54. The van der Waals surface area contributed by atoms with E-state index in [4.69, 9.17) is 9.84 Å². The summed E-state index contributed by atoms with van der Waals surface area (Å²) in [6.07, 6.45) is 1.08. The molecule has 1 unspecified atom stereocenters. The second-order valence-electron chi connectivity index (χ2n) is 4.85. The number of methoxy groups -OCH3 is 1. The normalized spacial score (nSPS) is 18.4. The molecule has 18 heavy (non-hydrogen) atoms. The number of urea groups is 1. The maximum atomic E-state index is 11.8. The number of carbonyl (C=O) groups excluding carboxylic acids is 1. The van der Waals surface area contributed by atoms with Crippen LogP contribution >= 0.6 is 0 Å². The molecule has 1 aliphatic rings. The lowest BCUT2D eigenvalue weighted by Crippen LogP contribution is -2.46. The van der Waals surface area contributed by atoms with E-state index >= 15 is 0 Å². The number of carbonyl (C=O) groups is 2. The van der Waals surface area contributed by atoms with Gasteiger partial charge in [-0.2, -0.15) is 0 Å². The Bertz CT molecular complexity index is 288. The van der Waals surface area contributed by atoms with Crippen LogP contribution in [0.25, 0.3) is 0 Å². The van der Waals surface area contributed by atoms with Crippen LogP contribution in [-0.2, 0) is 9.53 Å². The quantitative estimate of drug-likeness (QED) is 0.763. The molecule has 0 aromatic rings. The number of rotatable bonds is 5. The molecule has 0 bridgehead atoms. The molecule has 1 aliphatic heterocycles. The van der Waals surface area contributed by atoms with E-state index in [1.54, 1.807) is 12.0 Å². The van der Waals surface area contributed by atoms with Crippen molar-refractivity contribution in [1.82, 2.24) is 10.2 Å². The van der Waals surface area contributed by atoms with Crippen LogP contribution in [0.3, 0.4) is 0 Å². The number of hydrogen-bond acceptors (Lipinski definition) is 3. The molecule has 0 aliphatic carbocycles. The molecule has 0 radical (unpaired) electrons. The van der Waals surface area contributed by atoms with Gasteiger partial charge in [-0.25, -0.2) is 4.79 Å². The van der Waals surface area contributed by atoms with E-state index in [-0.39, 0.29) is 17.9 Å². The highest BCUT2D eigenvalue weighted by Crippen LogP contribution is 2.17. The monoisotopic (exact) mass is 258 g/mol. The first-order valence-electron chi connectivity index (χ1n) is 6.29. The molecule has 0 spiro atoms. The van der Waals surface area contributed by atoms with Gasteiger partial charge >= 0.3 is 12.0 Å². The second-order valence-corrected chi connectivity index (χ2v) is 4.85. The molecule has 2 amide bonds. The average Bonchev–Trinajstić information content (AvgIpc) is 2.36. The van der Waals surface area contributed by atoms with Crippen LogP contribution in [0.2, 0.25) is 0 Å². The number of hydrogen-bond donors (Lipinski definition) is 2. The number of nitrogens with one attached hydrogen (secondary N) is 1. The average molecular weight is 258 g/mol. The summed E-state index contributed by atoms with van der Waals surface area (Å²) in [5.41, 5.74) is 0. The van der Waals surface area contributed by atoms with Gasteiger partial charge in [0.25, 0.3) is 0 Å². The van der Waals surface area contributed by atoms with Gasteiger partial charge < -0.3 is 20.1 Å². The van der Waals surface area contributed by atoms with Gasteiger partial charge in [0.2, 0.25) is 0 Å². The Morgan fingerprint density at radius 2 is 2.06 bits per heavy atom. The Hall–Kier alpha value is -1.30. The summed E-state index contributed by atoms with van der Waals surface area (Å²) in [4.78, 5) is 24.3. The fraction of sp³-hybridized carbons (Fsp3) is 0.833. The zero-order valence-electron chi connectivity index (χ0n) is 11.0. The van der Waals surface area contributed by atoms with E-state index in [0.29, 0.717) is 39.1 Å². The zero-order valence-corrected chi connectivity index (χ0v) is 11.0.